The predicted molar refractivity (Wildman–Crippen MR) is 86.5 cm³/mol. The van der Waals surface area contributed by atoms with Crippen LogP contribution in [0.5, 0.6) is 5.75 Å². The molecule has 0 saturated carbocycles. The van der Waals surface area contributed by atoms with Gasteiger partial charge in [-0.1, -0.05) is 24.3 Å². The molecule has 1 N–H and O–H groups in total. The highest BCUT2D eigenvalue weighted by molar-refractivity contribution is 5.23. The maximum atomic E-state index is 5.68. The summed E-state index contributed by atoms with van der Waals surface area (Å²) in [6.45, 7) is 8.13. The molecule has 0 spiro atoms. The van der Waals surface area contributed by atoms with Crippen molar-refractivity contribution in [2.24, 2.45) is 0 Å². The maximum Gasteiger partial charge on any atom is 0.138 e. The normalized spacial score (nSPS) is 11.4. The second kappa shape index (κ2) is 7.23. The predicted octanol–water partition coefficient (Wildman–Crippen LogP) is 3.59. The number of nitrogens with one attached hydrogen (secondary N) is 1. The monoisotopic (exact) mass is 284 g/mol. The van der Waals surface area contributed by atoms with E-state index in [4.69, 9.17) is 4.74 Å². The van der Waals surface area contributed by atoms with Crippen molar-refractivity contribution in [1.29, 1.82) is 0 Å². The highest BCUT2D eigenvalue weighted by Crippen LogP contribution is 2.11. The topological polar surface area (TPSA) is 34.1 Å². The first kappa shape index (κ1) is 15.5. The first-order chi connectivity index (χ1) is 10.0. The van der Waals surface area contributed by atoms with Crippen molar-refractivity contribution < 1.29 is 4.74 Å². The third-order valence-electron chi connectivity index (χ3n) is 3.13. The van der Waals surface area contributed by atoms with Gasteiger partial charge in [-0.3, -0.25) is 4.98 Å². The molecule has 0 aliphatic carbocycles. The third-order valence-corrected chi connectivity index (χ3v) is 3.13. The van der Waals surface area contributed by atoms with Crippen molar-refractivity contribution in [1.82, 2.24) is 10.3 Å². The molecule has 0 radical (unpaired) electrons. The Morgan fingerprint density at radius 3 is 2.38 bits per heavy atom. The lowest BCUT2D eigenvalue weighted by molar-refractivity contribution is 0.305. The van der Waals surface area contributed by atoms with Crippen LogP contribution in [0.1, 0.15) is 31.9 Å². The zero-order chi connectivity index (χ0) is 15.1. The maximum absolute atomic E-state index is 5.68. The Morgan fingerprint density at radius 2 is 1.76 bits per heavy atom. The van der Waals surface area contributed by atoms with Gasteiger partial charge < -0.3 is 10.1 Å². The summed E-state index contributed by atoms with van der Waals surface area (Å²) in [5.74, 6) is 0.802. The van der Waals surface area contributed by atoms with Gasteiger partial charge in [-0.15, -0.1) is 0 Å². The smallest absolute Gasteiger partial charge is 0.138 e. The summed E-state index contributed by atoms with van der Waals surface area (Å²) in [6.07, 6.45) is 4.51. The molecular weight excluding hydrogens is 260 g/mol. The van der Waals surface area contributed by atoms with Gasteiger partial charge >= 0.3 is 0 Å². The zero-order valence-corrected chi connectivity index (χ0v) is 13.1. The molecule has 0 saturated heterocycles. The molecule has 0 unspecified atom stereocenters. The summed E-state index contributed by atoms with van der Waals surface area (Å²) < 4.78 is 5.68. The molecule has 1 aromatic heterocycles. The van der Waals surface area contributed by atoms with Crippen LogP contribution >= 0.6 is 0 Å². The lowest BCUT2D eigenvalue weighted by atomic mass is 10.1. The number of hydrogen-bond acceptors (Lipinski definition) is 3. The second-order valence-electron chi connectivity index (χ2n) is 6.22. The molecular formula is C18H24N2O. The third kappa shape index (κ3) is 5.96. The first-order valence-electron chi connectivity index (χ1n) is 7.39. The average molecular weight is 284 g/mol. The Balaban J connectivity index is 1.79. The Labute approximate surface area is 127 Å². The Bertz CT molecular complexity index is 529. The van der Waals surface area contributed by atoms with E-state index >= 15 is 0 Å². The fraction of sp³-hybridized carbons (Fsp3) is 0.389. The number of pyridine rings is 1. The summed E-state index contributed by atoms with van der Waals surface area (Å²) in [4.78, 5) is 4.03. The molecule has 3 heteroatoms. The van der Waals surface area contributed by atoms with Crippen LogP contribution in [0.2, 0.25) is 0 Å². The highest BCUT2D eigenvalue weighted by atomic mass is 16.5. The quantitative estimate of drug-likeness (QED) is 0.880. The van der Waals surface area contributed by atoms with Crippen molar-refractivity contribution >= 4 is 0 Å². The molecule has 3 nitrogen and oxygen atoms in total. The van der Waals surface area contributed by atoms with Crippen molar-refractivity contribution in [2.75, 3.05) is 6.54 Å². The minimum atomic E-state index is 0.178. The molecule has 1 aromatic carbocycles. The van der Waals surface area contributed by atoms with E-state index in [-0.39, 0.29) is 5.54 Å². The van der Waals surface area contributed by atoms with Crippen molar-refractivity contribution in [2.45, 2.75) is 39.3 Å². The molecule has 2 rings (SSSR count). The van der Waals surface area contributed by atoms with Crippen LogP contribution in [-0.4, -0.2) is 17.1 Å². The van der Waals surface area contributed by atoms with Crippen LogP contribution in [0.3, 0.4) is 0 Å². The van der Waals surface area contributed by atoms with E-state index in [0.29, 0.717) is 6.61 Å². The minimum Gasteiger partial charge on any atom is -0.487 e. The SMILES string of the molecule is CC(C)(C)NCCc1ccc(COc2cccnc2)cc1. The fourth-order valence-corrected chi connectivity index (χ4v) is 1.98. The second-order valence-corrected chi connectivity index (χ2v) is 6.22. The van der Waals surface area contributed by atoms with Gasteiger partial charge in [0.1, 0.15) is 12.4 Å². The highest BCUT2D eigenvalue weighted by Gasteiger charge is 2.07. The standard InChI is InChI=1S/C18H24N2O/c1-18(2,3)20-12-10-15-6-8-16(9-7-15)14-21-17-5-4-11-19-13-17/h4-9,11,13,20H,10,12,14H2,1-3H3. The van der Waals surface area contributed by atoms with E-state index in [9.17, 15) is 0 Å². The van der Waals surface area contributed by atoms with Crippen LogP contribution in [0.15, 0.2) is 48.8 Å². The summed E-state index contributed by atoms with van der Waals surface area (Å²) in [6, 6.07) is 12.4. The molecule has 0 fully saturated rings. The molecule has 0 atom stereocenters. The van der Waals surface area contributed by atoms with Gasteiger partial charge in [0.05, 0.1) is 6.20 Å². The van der Waals surface area contributed by atoms with Crippen LogP contribution in [0.4, 0.5) is 0 Å². The number of rotatable bonds is 6. The molecule has 0 bridgehead atoms. The number of nitrogens with zero attached hydrogens (tertiary/aromatic N) is 1. The zero-order valence-electron chi connectivity index (χ0n) is 13.1. The Kier molecular flexibility index (Phi) is 5.34. The Morgan fingerprint density at radius 1 is 1.05 bits per heavy atom. The summed E-state index contributed by atoms with van der Waals surface area (Å²) in [5.41, 5.74) is 2.69. The van der Waals surface area contributed by atoms with Gasteiger partial charge in [-0.25, -0.2) is 0 Å². The van der Waals surface area contributed by atoms with Crippen LogP contribution in [0.25, 0.3) is 0 Å². The number of ether oxygens (including phenoxy) is 1. The molecule has 21 heavy (non-hydrogen) atoms. The van der Waals surface area contributed by atoms with Gasteiger partial charge in [0.2, 0.25) is 0 Å². The van der Waals surface area contributed by atoms with Gasteiger partial charge in [0, 0.05) is 11.7 Å². The fourth-order valence-electron chi connectivity index (χ4n) is 1.98. The van der Waals surface area contributed by atoms with Gasteiger partial charge in [-0.2, -0.15) is 0 Å². The number of hydrogen-bond donors (Lipinski definition) is 1. The van der Waals surface area contributed by atoms with Gasteiger partial charge in [0.25, 0.3) is 0 Å². The summed E-state index contributed by atoms with van der Waals surface area (Å²) in [7, 11) is 0. The number of benzene rings is 1. The molecule has 112 valence electrons. The van der Waals surface area contributed by atoms with E-state index < -0.39 is 0 Å². The average Bonchev–Trinajstić information content (AvgIpc) is 2.46. The molecule has 0 aliphatic rings. The van der Waals surface area contributed by atoms with Crippen molar-refractivity contribution in [3.63, 3.8) is 0 Å². The van der Waals surface area contributed by atoms with Crippen molar-refractivity contribution in [3.05, 3.63) is 59.9 Å². The number of aromatic nitrogens is 1. The lowest BCUT2D eigenvalue weighted by Gasteiger charge is -2.20. The minimum absolute atomic E-state index is 0.178. The van der Waals surface area contributed by atoms with Gasteiger partial charge in [-0.05, 0) is 57.0 Å². The van der Waals surface area contributed by atoms with Crippen LogP contribution in [0, 0.1) is 0 Å². The van der Waals surface area contributed by atoms with E-state index in [0.717, 1.165) is 18.7 Å². The summed E-state index contributed by atoms with van der Waals surface area (Å²) in [5, 5.41) is 3.50. The first-order valence-corrected chi connectivity index (χ1v) is 7.39. The van der Waals surface area contributed by atoms with E-state index in [1.165, 1.54) is 11.1 Å². The molecule has 2 aromatic rings. The molecule has 1 heterocycles. The van der Waals surface area contributed by atoms with Crippen LogP contribution < -0.4 is 10.1 Å². The lowest BCUT2D eigenvalue weighted by Crippen LogP contribution is -2.37. The van der Waals surface area contributed by atoms with E-state index in [2.05, 4.69) is 55.3 Å². The molecule has 0 aliphatic heterocycles. The van der Waals surface area contributed by atoms with Gasteiger partial charge in [0.15, 0.2) is 0 Å². The van der Waals surface area contributed by atoms with E-state index in [1.54, 1.807) is 12.4 Å². The Hall–Kier alpha value is -1.87. The van der Waals surface area contributed by atoms with E-state index in [1.807, 2.05) is 12.1 Å². The largest absolute Gasteiger partial charge is 0.487 e. The van der Waals surface area contributed by atoms with Crippen molar-refractivity contribution in [3.8, 4) is 5.75 Å². The van der Waals surface area contributed by atoms with Crippen LogP contribution in [-0.2, 0) is 13.0 Å². The molecule has 0 amide bonds. The summed E-state index contributed by atoms with van der Waals surface area (Å²) >= 11 is 0.